The third-order valence-corrected chi connectivity index (χ3v) is 3.08. The van der Waals surface area contributed by atoms with Gasteiger partial charge in [-0.05, 0) is 12.3 Å². The van der Waals surface area contributed by atoms with E-state index in [0.717, 1.165) is 19.6 Å². The molecule has 2 unspecified atom stereocenters. The lowest BCUT2D eigenvalue weighted by Crippen LogP contribution is -2.33. The van der Waals surface area contributed by atoms with Gasteiger partial charge in [-0.1, -0.05) is 52.9 Å². The first kappa shape index (κ1) is 14.9. The first-order valence-corrected chi connectivity index (χ1v) is 6.55. The van der Waals surface area contributed by atoms with Crippen molar-refractivity contribution in [3.05, 3.63) is 0 Å². The Balaban J connectivity index is 3.16. The maximum atomic E-state index is 5.97. The van der Waals surface area contributed by atoms with Gasteiger partial charge < -0.3 is 10.5 Å². The average Bonchev–Trinajstić information content (AvgIpc) is 2.26. The number of nitrogens with two attached hydrogens (primary N) is 1. The van der Waals surface area contributed by atoms with Crippen molar-refractivity contribution < 1.29 is 4.74 Å². The van der Waals surface area contributed by atoms with Crippen molar-refractivity contribution in [2.75, 3.05) is 13.2 Å². The van der Waals surface area contributed by atoms with Crippen LogP contribution >= 0.6 is 0 Å². The highest BCUT2D eigenvalue weighted by atomic mass is 16.5. The minimum absolute atomic E-state index is 0.214. The van der Waals surface area contributed by atoms with Crippen LogP contribution in [0.3, 0.4) is 0 Å². The predicted octanol–water partition coefficient (Wildman–Crippen LogP) is 3.35. The van der Waals surface area contributed by atoms with Crippen LogP contribution in [-0.4, -0.2) is 19.3 Å². The van der Waals surface area contributed by atoms with Gasteiger partial charge in [0.25, 0.3) is 0 Å². The summed E-state index contributed by atoms with van der Waals surface area (Å²) in [5.74, 6) is 0.574. The molecule has 15 heavy (non-hydrogen) atoms. The number of hydrogen-bond acceptors (Lipinski definition) is 2. The van der Waals surface area contributed by atoms with Crippen LogP contribution in [0.4, 0.5) is 0 Å². The largest absolute Gasteiger partial charge is 0.380 e. The third-order valence-electron chi connectivity index (χ3n) is 3.08. The molecule has 0 heterocycles. The molecule has 2 atom stereocenters. The topological polar surface area (TPSA) is 35.2 Å². The second-order valence-electron chi connectivity index (χ2n) is 4.54. The van der Waals surface area contributed by atoms with Gasteiger partial charge in [0.1, 0.15) is 0 Å². The van der Waals surface area contributed by atoms with Gasteiger partial charge in [-0.3, -0.25) is 0 Å². The summed E-state index contributed by atoms with van der Waals surface area (Å²) in [6, 6.07) is 0.214. The lowest BCUT2D eigenvalue weighted by atomic mass is 10.0. The van der Waals surface area contributed by atoms with Crippen LogP contribution in [0.15, 0.2) is 0 Å². The molecule has 0 aliphatic heterocycles. The molecule has 0 aromatic heterocycles. The number of ether oxygens (including phenoxy) is 1. The van der Waals surface area contributed by atoms with E-state index in [1.165, 1.54) is 32.1 Å². The van der Waals surface area contributed by atoms with Crippen molar-refractivity contribution >= 4 is 0 Å². The van der Waals surface area contributed by atoms with Crippen molar-refractivity contribution in [1.82, 2.24) is 0 Å². The summed E-state index contributed by atoms with van der Waals surface area (Å²) in [7, 11) is 0. The highest BCUT2D eigenvalue weighted by Crippen LogP contribution is 2.06. The maximum Gasteiger partial charge on any atom is 0.0620 e. The molecule has 0 fully saturated rings. The molecule has 0 saturated carbocycles. The van der Waals surface area contributed by atoms with Crippen LogP contribution in [0.2, 0.25) is 0 Å². The highest BCUT2D eigenvalue weighted by Gasteiger charge is 2.09. The van der Waals surface area contributed by atoms with Crippen LogP contribution in [0.1, 0.15) is 59.3 Å². The molecule has 0 aliphatic carbocycles. The average molecular weight is 215 g/mol. The zero-order valence-electron chi connectivity index (χ0n) is 10.8. The molecule has 0 radical (unpaired) electrons. The minimum Gasteiger partial charge on any atom is -0.380 e. The van der Waals surface area contributed by atoms with Gasteiger partial charge in [-0.25, -0.2) is 0 Å². The van der Waals surface area contributed by atoms with E-state index in [4.69, 9.17) is 10.5 Å². The van der Waals surface area contributed by atoms with E-state index in [-0.39, 0.29) is 6.04 Å². The molecular weight excluding hydrogens is 186 g/mol. The van der Waals surface area contributed by atoms with Crippen LogP contribution in [0.25, 0.3) is 0 Å². The fraction of sp³-hybridized carbons (Fsp3) is 1.00. The molecule has 0 aliphatic rings. The van der Waals surface area contributed by atoms with Gasteiger partial charge in [0, 0.05) is 12.6 Å². The van der Waals surface area contributed by atoms with Gasteiger partial charge in [0.05, 0.1) is 6.61 Å². The lowest BCUT2D eigenvalue weighted by molar-refractivity contribution is 0.103. The second-order valence-corrected chi connectivity index (χ2v) is 4.54. The summed E-state index contributed by atoms with van der Waals surface area (Å²) >= 11 is 0. The van der Waals surface area contributed by atoms with Crippen molar-refractivity contribution in [2.24, 2.45) is 11.7 Å². The maximum absolute atomic E-state index is 5.97. The monoisotopic (exact) mass is 215 g/mol. The number of unbranched alkanes of at least 4 members (excludes halogenated alkanes) is 4. The fourth-order valence-electron chi connectivity index (χ4n) is 1.49. The van der Waals surface area contributed by atoms with Crippen molar-refractivity contribution in [1.29, 1.82) is 0 Å². The molecule has 92 valence electrons. The summed E-state index contributed by atoms with van der Waals surface area (Å²) in [4.78, 5) is 0. The molecular formula is C13H29NO. The second kappa shape index (κ2) is 10.4. The Labute approximate surface area is 95.6 Å². The van der Waals surface area contributed by atoms with E-state index in [0.29, 0.717) is 5.92 Å². The lowest BCUT2D eigenvalue weighted by Gasteiger charge is -2.18. The fourth-order valence-corrected chi connectivity index (χ4v) is 1.49. The van der Waals surface area contributed by atoms with Crippen molar-refractivity contribution in [3.63, 3.8) is 0 Å². The number of hydrogen-bond donors (Lipinski definition) is 1. The Morgan fingerprint density at radius 1 is 1.07 bits per heavy atom. The molecule has 2 nitrogen and oxygen atoms in total. The van der Waals surface area contributed by atoms with Crippen LogP contribution in [-0.2, 0) is 4.74 Å². The van der Waals surface area contributed by atoms with Crippen molar-refractivity contribution in [2.45, 2.75) is 65.3 Å². The molecule has 2 N–H and O–H groups in total. The van der Waals surface area contributed by atoms with E-state index in [1.54, 1.807) is 0 Å². The smallest absolute Gasteiger partial charge is 0.0620 e. The Morgan fingerprint density at radius 3 is 2.33 bits per heavy atom. The Hall–Kier alpha value is -0.0800. The summed E-state index contributed by atoms with van der Waals surface area (Å²) in [6.07, 6.45) is 7.63. The van der Waals surface area contributed by atoms with Crippen molar-refractivity contribution in [3.8, 4) is 0 Å². The van der Waals surface area contributed by atoms with E-state index in [1.807, 2.05) is 0 Å². The van der Waals surface area contributed by atoms with Gasteiger partial charge in [0.2, 0.25) is 0 Å². The molecule has 0 saturated heterocycles. The third kappa shape index (κ3) is 8.88. The molecule has 0 bridgehead atoms. The quantitative estimate of drug-likeness (QED) is 0.567. The molecule has 0 spiro atoms. The SMILES string of the molecule is CCCCCCCOCC(N)C(C)CC. The first-order chi connectivity index (χ1) is 7.22. The Bertz CT molecular complexity index is 128. The molecule has 2 heteroatoms. The highest BCUT2D eigenvalue weighted by molar-refractivity contribution is 4.66. The zero-order valence-corrected chi connectivity index (χ0v) is 10.8. The minimum atomic E-state index is 0.214. The van der Waals surface area contributed by atoms with Crippen LogP contribution in [0.5, 0.6) is 0 Å². The Kier molecular flexibility index (Phi) is 10.4. The summed E-state index contributed by atoms with van der Waals surface area (Å²) in [5.41, 5.74) is 5.97. The van der Waals surface area contributed by atoms with Gasteiger partial charge in [-0.15, -0.1) is 0 Å². The van der Waals surface area contributed by atoms with E-state index in [9.17, 15) is 0 Å². The predicted molar refractivity (Wildman–Crippen MR) is 67.0 cm³/mol. The standard InChI is InChI=1S/C13H29NO/c1-4-6-7-8-9-10-15-11-13(14)12(3)5-2/h12-13H,4-11,14H2,1-3H3. The molecule has 0 aromatic carbocycles. The normalized spacial score (nSPS) is 15.2. The molecule has 0 rings (SSSR count). The Morgan fingerprint density at radius 2 is 1.73 bits per heavy atom. The summed E-state index contributed by atoms with van der Waals surface area (Å²) < 4.78 is 5.57. The zero-order chi connectivity index (χ0) is 11.5. The van der Waals surface area contributed by atoms with Gasteiger partial charge in [0.15, 0.2) is 0 Å². The van der Waals surface area contributed by atoms with Crippen LogP contribution < -0.4 is 5.73 Å². The number of rotatable bonds is 10. The van der Waals surface area contributed by atoms with Crippen LogP contribution in [0, 0.1) is 5.92 Å². The van der Waals surface area contributed by atoms with Gasteiger partial charge in [-0.2, -0.15) is 0 Å². The van der Waals surface area contributed by atoms with E-state index < -0.39 is 0 Å². The van der Waals surface area contributed by atoms with Gasteiger partial charge >= 0.3 is 0 Å². The van der Waals surface area contributed by atoms with E-state index >= 15 is 0 Å². The molecule has 0 amide bonds. The first-order valence-electron chi connectivity index (χ1n) is 6.55. The van der Waals surface area contributed by atoms with E-state index in [2.05, 4.69) is 20.8 Å². The summed E-state index contributed by atoms with van der Waals surface area (Å²) in [6.45, 7) is 8.21. The molecule has 0 aromatic rings. The summed E-state index contributed by atoms with van der Waals surface area (Å²) in [5, 5.41) is 0.